The summed E-state index contributed by atoms with van der Waals surface area (Å²) in [5.74, 6) is 0.377. The van der Waals surface area contributed by atoms with Crippen LogP contribution < -0.4 is 0 Å². The van der Waals surface area contributed by atoms with Crippen LogP contribution in [0.5, 0.6) is 0 Å². The number of carbonyl (C=O) groups excluding carboxylic acids is 1. The second-order valence-corrected chi connectivity index (χ2v) is 7.85. The number of hydrogen-bond donors (Lipinski definition) is 0. The molecule has 6 heteroatoms. The second-order valence-electron chi connectivity index (χ2n) is 5.77. The first-order valence-electron chi connectivity index (χ1n) is 7.32. The number of nitriles is 1. The fourth-order valence-corrected chi connectivity index (χ4v) is 3.61. The zero-order chi connectivity index (χ0) is 16.3. The molecule has 1 aromatic carbocycles. The average Bonchev–Trinajstić information content (AvgIpc) is 2.50. The van der Waals surface area contributed by atoms with Crippen LogP contribution in [0, 0.1) is 20.8 Å². The van der Waals surface area contributed by atoms with Crippen molar-refractivity contribution >= 4 is 44.4 Å². The molecular weight excluding hydrogens is 457 g/mol. The Bertz CT molecular complexity index is 592. The summed E-state index contributed by atoms with van der Waals surface area (Å²) in [6.45, 7) is 6.99. The molecule has 1 fully saturated rings. The molecule has 0 bridgehead atoms. The molecule has 1 saturated heterocycles. The number of hydrogen-bond acceptors (Lipinski definition) is 3. The SMILES string of the molecule is CC(C)C(C#N)N1CCN(C(=O)c2cc(Br)ccc2I)CC1. The van der Waals surface area contributed by atoms with Gasteiger partial charge >= 0.3 is 0 Å². The molecule has 1 atom stereocenters. The van der Waals surface area contributed by atoms with Crippen LogP contribution in [0.2, 0.25) is 0 Å². The second kappa shape index (κ2) is 7.75. The first kappa shape index (κ1) is 17.7. The molecule has 0 N–H and O–H groups in total. The van der Waals surface area contributed by atoms with E-state index in [1.165, 1.54) is 0 Å². The quantitative estimate of drug-likeness (QED) is 0.630. The van der Waals surface area contributed by atoms with Crippen LogP contribution in [0.3, 0.4) is 0 Å². The number of nitrogens with zero attached hydrogens (tertiary/aromatic N) is 3. The molecule has 1 aliphatic rings. The van der Waals surface area contributed by atoms with E-state index in [0.717, 1.165) is 26.7 Å². The molecule has 0 aromatic heterocycles. The highest BCUT2D eigenvalue weighted by atomic mass is 127. The number of piperazine rings is 1. The van der Waals surface area contributed by atoms with E-state index in [0.29, 0.717) is 19.0 Å². The Hall–Kier alpha value is -0.650. The third kappa shape index (κ3) is 4.00. The van der Waals surface area contributed by atoms with Gasteiger partial charge in [-0.3, -0.25) is 9.69 Å². The Balaban J connectivity index is 2.04. The molecule has 1 aliphatic heterocycles. The van der Waals surface area contributed by atoms with Crippen LogP contribution in [-0.2, 0) is 0 Å². The van der Waals surface area contributed by atoms with Crippen molar-refractivity contribution in [2.45, 2.75) is 19.9 Å². The summed E-state index contributed by atoms with van der Waals surface area (Å²) in [5.41, 5.74) is 0.740. The largest absolute Gasteiger partial charge is 0.336 e. The van der Waals surface area contributed by atoms with Crippen LogP contribution in [0.25, 0.3) is 0 Å². The highest BCUT2D eigenvalue weighted by molar-refractivity contribution is 14.1. The van der Waals surface area contributed by atoms with Gasteiger partial charge in [-0.15, -0.1) is 0 Å². The molecule has 22 heavy (non-hydrogen) atoms. The van der Waals surface area contributed by atoms with Crippen molar-refractivity contribution in [1.29, 1.82) is 5.26 Å². The maximum atomic E-state index is 12.7. The van der Waals surface area contributed by atoms with Gasteiger partial charge in [0.2, 0.25) is 0 Å². The lowest BCUT2D eigenvalue weighted by Gasteiger charge is -2.38. The number of amides is 1. The summed E-state index contributed by atoms with van der Waals surface area (Å²) in [6, 6.07) is 8.07. The van der Waals surface area contributed by atoms with E-state index in [4.69, 9.17) is 0 Å². The van der Waals surface area contributed by atoms with E-state index in [1.54, 1.807) is 0 Å². The topological polar surface area (TPSA) is 47.3 Å². The molecule has 0 aliphatic carbocycles. The third-order valence-corrected chi connectivity index (χ3v) is 5.35. The van der Waals surface area contributed by atoms with Crippen molar-refractivity contribution in [3.8, 4) is 6.07 Å². The molecular formula is C16H19BrIN3O. The molecule has 2 rings (SSSR count). The normalized spacial score (nSPS) is 17.4. The van der Waals surface area contributed by atoms with Gasteiger partial charge in [0.15, 0.2) is 0 Å². The molecule has 118 valence electrons. The Morgan fingerprint density at radius 3 is 2.50 bits per heavy atom. The minimum atomic E-state index is -0.0664. The van der Waals surface area contributed by atoms with Crippen LogP contribution >= 0.6 is 38.5 Å². The fourth-order valence-electron chi connectivity index (χ4n) is 2.69. The highest BCUT2D eigenvalue weighted by Gasteiger charge is 2.28. The first-order valence-corrected chi connectivity index (χ1v) is 9.19. The van der Waals surface area contributed by atoms with E-state index in [-0.39, 0.29) is 11.9 Å². The van der Waals surface area contributed by atoms with Gasteiger partial charge in [0.05, 0.1) is 11.6 Å². The van der Waals surface area contributed by atoms with Crippen molar-refractivity contribution in [3.63, 3.8) is 0 Å². The smallest absolute Gasteiger partial charge is 0.255 e. The fraction of sp³-hybridized carbons (Fsp3) is 0.500. The molecule has 1 unspecified atom stereocenters. The molecule has 1 heterocycles. The summed E-state index contributed by atoms with van der Waals surface area (Å²) in [5, 5.41) is 9.29. The lowest BCUT2D eigenvalue weighted by molar-refractivity contribution is 0.0575. The van der Waals surface area contributed by atoms with E-state index >= 15 is 0 Å². The van der Waals surface area contributed by atoms with Gasteiger partial charge in [-0.2, -0.15) is 5.26 Å². The van der Waals surface area contributed by atoms with Crippen molar-refractivity contribution in [1.82, 2.24) is 9.80 Å². The summed E-state index contributed by atoms with van der Waals surface area (Å²) in [6.07, 6.45) is 0. The van der Waals surface area contributed by atoms with Gasteiger partial charge in [-0.25, -0.2) is 0 Å². The van der Waals surface area contributed by atoms with Crippen molar-refractivity contribution < 1.29 is 4.79 Å². The van der Waals surface area contributed by atoms with E-state index < -0.39 is 0 Å². The number of carbonyl (C=O) groups is 1. The zero-order valence-corrected chi connectivity index (χ0v) is 16.5. The van der Waals surface area contributed by atoms with Gasteiger partial charge in [-0.1, -0.05) is 29.8 Å². The molecule has 0 radical (unpaired) electrons. The highest BCUT2D eigenvalue weighted by Crippen LogP contribution is 2.21. The predicted molar refractivity (Wildman–Crippen MR) is 98.6 cm³/mol. The van der Waals surface area contributed by atoms with Gasteiger partial charge in [0, 0.05) is 34.2 Å². The summed E-state index contributed by atoms with van der Waals surface area (Å²) in [7, 11) is 0. The Kier molecular flexibility index (Phi) is 6.24. The predicted octanol–water partition coefficient (Wildman–Crippen LogP) is 3.36. The maximum Gasteiger partial charge on any atom is 0.255 e. The van der Waals surface area contributed by atoms with Gasteiger partial charge in [0.1, 0.15) is 6.04 Å². The van der Waals surface area contributed by atoms with Crippen LogP contribution in [0.1, 0.15) is 24.2 Å². The molecule has 4 nitrogen and oxygen atoms in total. The Labute approximate surface area is 153 Å². The number of rotatable bonds is 3. The van der Waals surface area contributed by atoms with Crippen molar-refractivity contribution in [2.75, 3.05) is 26.2 Å². The lowest BCUT2D eigenvalue weighted by atomic mass is 10.0. The summed E-state index contributed by atoms with van der Waals surface area (Å²) >= 11 is 5.62. The summed E-state index contributed by atoms with van der Waals surface area (Å²) in [4.78, 5) is 16.7. The zero-order valence-electron chi connectivity index (χ0n) is 12.7. The minimum Gasteiger partial charge on any atom is -0.336 e. The van der Waals surface area contributed by atoms with Crippen molar-refractivity contribution in [2.24, 2.45) is 5.92 Å². The van der Waals surface area contributed by atoms with Crippen LogP contribution in [0.15, 0.2) is 22.7 Å². The maximum absolute atomic E-state index is 12.7. The standard InChI is InChI=1S/C16H19BrIN3O/c1-11(2)15(10-19)20-5-7-21(8-6-20)16(22)13-9-12(17)3-4-14(13)18/h3-4,9,11,15H,5-8H2,1-2H3. The van der Waals surface area contributed by atoms with Crippen molar-refractivity contribution in [3.05, 3.63) is 31.8 Å². The minimum absolute atomic E-state index is 0.0664. The Morgan fingerprint density at radius 1 is 1.32 bits per heavy atom. The van der Waals surface area contributed by atoms with E-state index in [1.807, 2.05) is 23.1 Å². The Morgan fingerprint density at radius 2 is 1.95 bits per heavy atom. The average molecular weight is 476 g/mol. The molecule has 0 spiro atoms. The summed E-state index contributed by atoms with van der Waals surface area (Å²) < 4.78 is 1.88. The first-order chi connectivity index (χ1) is 10.4. The van der Waals surface area contributed by atoms with Crippen LogP contribution in [-0.4, -0.2) is 47.9 Å². The molecule has 1 aromatic rings. The van der Waals surface area contributed by atoms with E-state index in [9.17, 15) is 10.1 Å². The molecule has 1 amide bonds. The lowest BCUT2D eigenvalue weighted by Crippen LogP contribution is -2.52. The molecule has 0 saturated carbocycles. The van der Waals surface area contributed by atoms with E-state index in [2.05, 4.69) is 63.3 Å². The third-order valence-electron chi connectivity index (χ3n) is 3.92. The monoisotopic (exact) mass is 475 g/mol. The van der Waals surface area contributed by atoms with Crippen LogP contribution in [0.4, 0.5) is 0 Å². The van der Waals surface area contributed by atoms with Gasteiger partial charge < -0.3 is 4.90 Å². The number of halogens is 2. The van der Waals surface area contributed by atoms with Gasteiger partial charge in [-0.05, 0) is 46.7 Å². The van der Waals surface area contributed by atoms with Gasteiger partial charge in [0.25, 0.3) is 5.91 Å². The number of benzene rings is 1.